The third-order valence-electron chi connectivity index (χ3n) is 4.14. The molecule has 1 aliphatic rings. The minimum Gasteiger partial charge on any atom is -0.349 e. The Labute approximate surface area is 121 Å². The summed E-state index contributed by atoms with van der Waals surface area (Å²) in [5.74, 6) is 0.623. The van der Waals surface area contributed by atoms with Gasteiger partial charge in [0.25, 0.3) is 5.91 Å². The topological polar surface area (TPSA) is 29.1 Å². The maximum absolute atomic E-state index is 12.4. The molecule has 1 amide bonds. The first-order valence-electron chi connectivity index (χ1n) is 7.18. The van der Waals surface area contributed by atoms with Crippen LogP contribution in [0.1, 0.15) is 54.9 Å². The summed E-state index contributed by atoms with van der Waals surface area (Å²) in [6, 6.07) is 6.05. The summed E-state index contributed by atoms with van der Waals surface area (Å²) in [5, 5.41) is 3.22. The maximum atomic E-state index is 12.4. The van der Waals surface area contributed by atoms with Crippen LogP contribution in [0.4, 0.5) is 0 Å². The highest BCUT2D eigenvalue weighted by atomic mass is 32.1. The monoisotopic (exact) mass is 277 g/mol. The number of hydrogen-bond donors (Lipinski definition) is 2. The smallest absolute Gasteiger partial charge is 0.251 e. The molecule has 0 spiro atoms. The van der Waals surface area contributed by atoms with Crippen LogP contribution in [-0.2, 0) is 0 Å². The van der Waals surface area contributed by atoms with Crippen LogP contribution in [-0.4, -0.2) is 11.9 Å². The molecular weight excluding hydrogens is 254 g/mol. The summed E-state index contributed by atoms with van der Waals surface area (Å²) < 4.78 is 0. The van der Waals surface area contributed by atoms with Crippen LogP contribution < -0.4 is 5.32 Å². The summed E-state index contributed by atoms with van der Waals surface area (Å²) in [6.45, 7) is 4.22. The van der Waals surface area contributed by atoms with Crippen molar-refractivity contribution in [3.8, 4) is 0 Å². The third-order valence-corrected chi connectivity index (χ3v) is 4.42. The Kier molecular flexibility index (Phi) is 4.92. The number of nitrogens with one attached hydrogen (secondary N) is 1. The van der Waals surface area contributed by atoms with E-state index in [1.807, 2.05) is 25.1 Å². The molecule has 2 atom stereocenters. The predicted molar refractivity (Wildman–Crippen MR) is 81.9 cm³/mol. The highest BCUT2D eigenvalue weighted by molar-refractivity contribution is 7.80. The van der Waals surface area contributed by atoms with E-state index >= 15 is 0 Å². The fourth-order valence-corrected chi connectivity index (χ4v) is 3.01. The molecule has 2 unspecified atom stereocenters. The average Bonchev–Trinajstić information content (AvgIpc) is 2.58. The zero-order valence-electron chi connectivity index (χ0n) is 11.8. The molecule has 19 heavy (non-hydrogen) atoms. The van der Waals surface area contributed by atoms with Crippen molar-refractivity contribution in [2.45, 2.75) is 56.9 Å². The van der Waals surface area contributed by atoms with Crippen molar-refractivity contribution in [3.63, 3.8) is 0 Å². The van der Waals surface area contributed by atoms with Gasteiger partial charge in [-0.25, -0.2) is 0 Å². The lowest BCUT2D eigenvalue weighted by atomic mass is 9.96. The van der Waals surface area contributed by atoms with E-state index in [9.17, 15) is 4.79 Å². The molecule has 104 valence electrons. The van der Waals surface area contributed by atoms with Crippen LogP contribution in [0.15, 0.2) is 23.1 Å². The summed E-state index contributed by atoms with van der Waals surface area (Å²) in [6.07, 6.45) is 6.13. The number of rotatable bonds is 2. The largest absolute Gasteiger partial charge is 0.349 e. The van der Waals surface area contributed by atoms with Crippen LogP contribution in [0.3, 0.4) is 0 Å². The number of aryl methyl sites for hydroxylation is 1. The lowest BCUT2D eigenvalue weighted by Crippen LogP contribution is -2.39. The van der Waals surface area contributed by atoms with E-state index in [1.165, 1.54) is 25.7 Å². The standard InChI is InChI=1S/C16H23NOS/c1-11-8-9-13(19)10-14(11)16(18)17-15-7-5-3-4-6-12(15)2/h8-10,12,15,19H,3-7H2,1-2H3,(H,17,18). The SMILES string of the molecule is Cc1ccc(S)cc1C(=O)NC1CCCCCC1C. The van der Waals surface area contributed by atoms with E-state index < -0.39 is 0 Å². The van der Waals surface area contributed by atoms with Crippen molar-refractivity contribution in [1.82, 2.24) is 5.32 Å². The Morgan fingerprint density at radius 1 is 1.26 bits per heavy atom. The van der Waals surface area contributed by atoms with Crippen LogP contribution >= 0.6 is 12.6 Å². The van der Waals surface area contributed by atoms with Gasteiger partial charge in [-0.2, -0.15) is 0 Å². The van der Waals surface area contributed by atoms with E-state index in [1.54, 1.807) is 0 Å². The molecule has 2 rings (SSSR count). The van der Waals surface area contributed by atoms with Crippen molar-refractivity contribution >= 4 is 18.5 Å². The first-order chi connectivity index (χ1) is 9.08. The molecular formula is C16H23NOS. The van der Waals surface area contributed by atoms with Crippen LogP contribution in [0.25, 0.3) is 0 Å². The molecule has 0 aliphatic heterocycles. The predicted octanol–water partition coefficient (Wildman–Crippen LogP) is 3.98. The van der Waals surface area contributed by atoms with Gasteiger partial charge < -0.3 is 5.32 Å². The molecule has 0 aromatic heterocycles. The third kappa shape index (κ3) is 3.75. The van der Waals surface area contributed by atoms with Gasteiger partial charge in [0.2, 0.25) is 0 Å². The fourth-order valence-electron chi connectivity index (χ4n) is 2.81. The zero-order chi connectivity index (χ0) is 13.8. The van der Waals surface area contributed by atoms with Crippen molar-refractivity contribution in [2.24, 2.45) is 5.92 Å². The summed E-state index contributed by atoms with van der Waals surface area (Å²) in [4.78, 5) is 13.2. The summed E-state index contributed by atoms with van der Waals surface area (Å²) in [5.41, 5.74) is 1.76. The summed E-state index contributed by atoms with van der Waals surface area (Å²) in [7, 11) is 0. The number of amides is 1. The molecule has 1 aromatic carbocycles. The van der Waals surface area contributed by atoms with Gasteiger partial charge in [-0.1, -0.05) is 32.3 Å². The van der Waals surface area contributed by atoms with Crippen LogP contribution in [0, 0.1) is 12.8 Å². The number of carbonyl (C=O) groups excluding carboxylic acids is 1. The maximum Gasteiger partial charge on any atom is 0.251 e. The molecule has 2 nitrogen and oxygen atoms in total. The highest BCUT2D eigenvalue weighted by Gasteiger charge is 2.22. The van der Waals surface area contributed by atoms with Crippen LogP contribution in [0.2, 0.25) is 0 Å². The Morgan fingerprint density at radius 2 is 2.00 bits per heavy atom. The molecule has 3 heteroatoms. The van der Waals surface area contributed by atoms with Crippen LogP contribution in [0.5, 0.6) is 0 Å². The Balaban J connectivity index is 2.09. The number of benzene rings is 1. The quantitative estimate of drug-likeness (QED) is 0.621. The number of hydrogen-bond acceptors (Lipinski definition) is 2. The Hall–Kier alpha value is -0.960. The summed E-state index contributed by atoms with van der Waals surface area (Å²) >= 11 is 4.32. The van der Waals surface area contributed by atoms with Gasteiger partial charge in [-0.15, -0.1) is 12.6 Å². The number of carbonyl (C=O) groups is 1. The van der Waals surface area contributed by atoms with Gasteiger partial charge in [-0.05, 0) is 43.4 Å². The first-order valence-corrected chi connectivity index (χ1v) is 7.63. The molecule has 0 heterocycles. The first kappa shape index (κ1) is 14.4. The van der Waals surface area contributed by atoms with Crippen molar-refractivity contribution in [1.29, 1.82) is 0 Å². The van der Waals surface area contributed by atoms with E-state index in [-0.39, 0.29) is 5.91 Å². The number of thiol groups is 1. The molecule has 1 aromatic rings. The average molecular weight is 277 g/mol. The van der Waals surface area contributed by atoms with Crippen molar-refractivity contribution in [3.05, 3.63) is 29.3 Å². The van der Waals surface area contributed by atoms with Gasteiger partial charge in [0.1, 0.15) is 0 Å². The van der Waals surface area contributed by atoms with Gasteiger partial charge in [0.15, 0.2) is 0 Å². The van der Waals surface area contributed by atoms with Gasteiger partial charge in [0.05, 0.1) is 0 Å². The van der Waals surface area contributed by atoms with E-state index in [2.05, 4.69) is 24.9 Å². The Morgan fingerprint density at radius 3 is 2.79 bits per heavy atom. The van der Waals surface area contributed by atoms with Gasteiger partial charge in [-0.3, -0.25) is 4.79 Å². The lowest BCUT2D eigenvalue weighted by Gasteiger charge is -2.23. The highest BCUT2D eigenvalue weighted by Crippen LogP contribution is 2.23. The minimum absolute atomic E-state index is 0.0483. The molecule has 0 radical (unpaired) electrons. The normalized spacial score (nSPS) is 23.7. The second-order valence-corrected chi connectivity index (χ2v) is 6.21. The fraction of sp³-hybridized carbons (Fsp3) is 0.562. The lowest BCUT2D eigenvalue weighted by molar-refractivity contribution is 0.0920. The van der Waals surface area contributed by atoms with Gasteiger partial charge >= 0.3 is 0 Å². The molecule has 1 N–H and O–H groups in total. The van der Waals surface area contributed by atoms with Crippen molar-refractivity contribution in [2.75, 3.05) is 0 Å². The Bertz CT molecular complexity index is 458. The van der Waals surface area contributed by atoms with E-state index in [0.29, 0.717) is 12.0 Å². The molecule has 1 saturated carbocycles. The van der Waals surface area contributed by atoms with Gasteiger partial charge in [0, 0.05) is 16.5 Å². The second kappa shape index (κ2) is 6.47. The zero-order valence-corrected chi connectivity index (χ0v) is 12.7. The molecule has 0 saturated heterocycles. The minimum atomic E-state index is 0.0483. The van der Waals surface area contributed by atoms with Crippen molar-refractivity contribution < 1.29 is 4.79 Å². The molecule has 1 aliphatic carbocycles. The van der Waals surface area contributed by atoms with E-state index in [0.717, 1.165) is 22.4 Å². The second-order valence-electron chi connectivity index (χ2n) is 5.69. The molecule has 0 bridgehead atoms. The van der Waals surface area contributed by atoms with E-state index in [4.69, 9.17) is 0 Å². The molecule has 1 fully saturated rings.